The van der Waals surface area contributed by atoms with Crippen molar-refractivity contribution >= 4 is 0 Å². The predicted molar refractivity (Wildman–Crippen MR) is 60.9 cm³/mol. The van der Waals surface area contributed by atoms with Gasteiger partial charge in [-0.2, -0.15) is 4.98 Å². The van der Waals surface area contributed by atoms with E-state index in [9.17, 15) is 0 Å². The van der Waals surface area contributed by atoms with E-state index in [0.29, 0.717) is 24.9 Å². The third-order valence-electron chi connectivity index (χ3n) is 2.57. The number of ether oxygens (including phenoxy) is 1. The quantitative estimate of drug-likeness (QED) is 0.719. The normalized spacial score (nSPS) is 15.0. The largest absolute Gasteiger partial charge is 0.373 e. The zero-order valence-corrected chi connectivity index (χ0v) is 10.3. The Kier molecular flexibility index (Phi) is 5.42. The van der Waals surface area contributed by atoms with Crippen molar-refractivity contribution in [2.45, 2.75) is 52.2 Å². The summed E-state index contributed by atoms with van der Waals surface area (Å²) in [7, 11) is 0. The van der Waals surface area contributed by atoms with Crippen molar-refractivity contribution in [1.29, 1.82) is 0 Å². The van der Waals surface area contributed by atoms with Crippen molar-refractivity contribution in [3.8, 4) is 0 Å². The molecule has 0 saturated carbocycles. The monoisotopic (exact) mass is 227 g/mol. The molecule has 2 atom stereocenters. The van der Waals surface area contributed by atoms with Gasteiger partial charge in [0.1, 0.15) is 6.61 Å². The van der Waals surface area contributed by atoms with Crippen LogP contribution in [-0.4, -0.2) is 22.8 Å². The van der Waals surface area contributed by atoms with Gasteiger partial charge in [0.2, 0.25) is 5.89 Å². The second-order valence-electron chi connectivity index (χ2n) is 3.96. The molecule has 0 aromatic carbocycles. The molecule has 1 aromatic heterocycles. The molecular formula is C11H21N3O2. The van der Waals surface area contributed by atoms with Crippen LogP contribution in [0.2, 0.25) is 0 Å². The molecule has 0 fully saturated rings. The van der Waals surface area contributed by atoms with E-state index in [1.54, 1.807) is 0 Å². The number of aromatic nitrogens is 2. The molecule has 1 rings (SSSR count). The lowest BCUT2D eigenvalue weighted by Crippen LogP contribution is -2.25. The van der Waals surface area contributed by atoms with E-state index in [-0.39, 0.29) is 12.0 Å². The molecule has 1 aromatic rings. The lowest BCUT2D eigenvalue weighted by molar-refractivity contribution is 0.114. The molecule has 0 aliphatic carbocycles. The zero-order chi connectivity index (χ0) is 12.0. The summed E-state index contributed by atoms with van der Waals surface area (Å²) < 4.78 is 10.5. The molecule has 5 heteroatoms. The number of hydrogen-bond donors (Lipinski definition) is 1. The van der Waals surface area contributed by atoms with Crippen molar-refractivity contribution in [3.63, 3.8) is 0 Å². The summed E-state index contributed by atoms with van der Waals surface area (Å²) >= 11 is 0. The van der Waals surface area contributed by atoms with Crippen LogP contribution in [0.3, 0.4) is 0 Å². The van der Waals surface area contributed by atoms with Gasteiger partial charge in [0, 0.05) is 12.6 Å². The maximum Gasteiger partial charge on any atom is 0.231 e. The number of hydrogen-bond acceptors (Lipinski definition) is 5. The van der Waals surface area contributed by atoms with E-state index in [4.69, 9.17) is 15.0 Å². The topological polar surface area (TPSA) is 74.2 Å². The van der Waals surface area contributed by atoms with Crippen LogP contribution in [0.25, 0.3) is 0 Å². The van der Waals surface area contributed by atoms with Gasteiger partial charge in [-0.3, -0.25) is 0 Å². The molecule has 0 bridgehead atoms. The highest BCUT2D eigenvalue weighted by atomic mass is 16.5. The fraction of sp³-hybridized carbons (Fsp3) is 0.818. The third kappa shape index (κ3) is 3.57. The summed E-state index contributed by atoms with van der Waals surface area (Å²) in [6.45, 7) is 7.23. The molecule has 2 unspecified atom stereocenters. The van der Waals surface area contributed by atoms with Gasteiger partial charge in [-0.05, 0) is 12.8 Å². The fourth-order valence-electron chi connectivity index (χ4n) is 1.36. The van der Waals surface area contributed by atoms with E-state index in [1.807, 2.05) is 13.8 Å². The third-order valence-corrected chi connectivity index (χ3v) is 2.57. The average molecular weight is 227 g/mol. The average Bonchev–Trinajstić information content (AvgIpc) is 2.76. The first-order valence-corrected chi connectivity index (χ1v) is 5.84. The Bertz CT molecular complexity index is 301. The van der Waals surface area contributed by atoms with E-state index < -0.39 is 0 Å². The van der Waals surface area contributed by atoms with Crippen LogP contribution in [0.4, 0.5) is 0 Å². The molecule has 0 saturated heterocycles. The van der Waals surface area contributed by atoms with Gasteiger partial charge in [0.05, 0.1) is 5.92 Å². The molecular weight excluding hydrogens is 206 g/mol. The van der Waals surface area contributed by atoms with Gasteiger partial charge in [-0.15, -0.1) is 0 Å². The first-order valence-electron chi connectivity index (χ1n) is 5.84. The summed E-state index contributed by atoms with van der Waals surface area (Å²) in [5.74, 6) is 1.29. The Morgan fingerprint density at radius 1 is 1.44 bits per heavy atom. The van der Waals surface area contributed by atoms with Gasteiger partial charge in [0.15, 0.2) is 5.82 Å². The summed E-state index contributed by atoms with van der Waals surface area (Å²) in [5.41, 5.74) is 5.92. The highest BCUT2D eigenvalue weighted by molar-refractivity contribution is 4.95. The molecule has 0 aliphatic rings. The van der Waals surface area contributed by atoms with Gasteiger partial charge >= 0.3 is 0 Å². The summed E-state index contributed by atoms with van der Waals surface area (Å²) in [6, 6.07) is 0.0601. The van der Waals surface area contributed by atoms with E-state index >= 15 is 0 Å². The molecule has 92 valence electrons. The van der Waals surface area contributed by atoms with Crippen LogP contribution in [0.5, 0.6) is 0 Å². The lowest BCUT2D eigenvalue weighted by atomic mass is 10.0. The first-order chi connectivity index (χ1) is 7.69. The minimum Gasteiger partial charge on any atom is -0.373 e. The van der Waals surface area contributed by atoms with Gasteiger partial charge in [-0.25, -0.2) is 0 Å². The molecule has 16 heavy (non-hydrogen) atoms. The Balaban J connectivity index is 2.50. The Labute approximate surface area is 96.4 Å². The Morgan fingerprint density at radius 2 is 2.19 bits per heavy atom. The first kappa shape index (κ1) is 13.1. The van der Waals surface area contributed by atoms with Gasteiger partial charge in [-0.1, -0.05) is 25.9 Å². The second-order valence-corrected chi connectivity index (χ2v) is 3.96. The van der Waals surface area contributed by atoms with Crippen LogP contribution < -0.4 is 5.73 Å². The van der Waals surface area contributed by atoms with E-state index in [1.165, 1.54) is 0 Å². The second kappa shape index (κ2) is 6.60. The van der Waals surface area contributed by atoms with Crippen LogP contribution in [0.15, 0.2) is 4.52 Å². The number of nitrogens with two attached hydrogens (primary N) is 1. The van der Waals surface area contributed by atoms with Crippen molar-refractivity contribution in [2.24, 2.45) is 5.73 Å². The zero-order valence-electron chi connectivity index (χ0n) is 10.3. The van der Waals surface area contributed by atoms with Crippen LogP contribution in [0.1, 0.15) is 51.2 Å². The van der Waals surface area contributed by atoms with Gasteiger partial charge in [0.25, 0.3) is 0 Å². The summed E-state index contributed by atoms with van der Waals surface area (Å²) in [5, 5.41) is 3.86. The predicted octanol–water partition coefficient (Wildman–Crippen LogP) is 1.84. The number of rotatable bonds is 7. The molecule has 0 amide bonds. The van der Waals surface area contributed by atoms with Gasteiger partial charge < -0.3 is 15.0 Å². The van der Waals surface area contributed by atoms with Crippen LogP contribution in [0, 0.1) is 0 Å². The maximum atomic E-state index is 5.92. The standard InChI is InChI=1S/C11H21N3O2/c1-4-6-15-7-10-13-11(16-14-10)8(3)9(12)5-2/h8-9H,4-7,12H2,1-3H3. The van der Waals surface area contributed by atoms with Crippen molar-refractivity contribution in [1.82, 2.24) is 10.1 Å². The highest BCUT2D eigenvalue weighted by Gasteiger charge is 2.19. The SMILES string of the molecule is CCCOCc1noc(C(C)C(N)CC)n1. The minimum atomic E-state index is 0.0601. The molecule has 1 heterocycles. The van der Waals surface area contributed by atoms with Crippen LogP contribution in [-0.2, 0) is 11.3 Å². The van der Waals surface area contributed by atoms with Crippen LogP contribution >= 0.6 is 0 Å². The fourth-order valence-corrected chi connectivity index (χ4v) is 1.36. The maximum absolute atomic E-state index is 5.92. The van der Waals surface area contributed by atoms with Crippen molar-refractivity contribution in [3.05, 3.63) is 11.7 Å². The molecule has 0 aliphatic heterocycles. The lowest BCUT2D eigenvalue weighted by Gasteiger charge is -2.13. The summed E-state index contributed by atoms with van der Waals surface area (Å²) in [6.07, 6.45) is 1.88. The number of nitrogens with zero attached hydrogens (tertiary/aromatic N) is 2. The summed E-state index contributed by atoms with van der Waals surface area (Å²) in [4.78, 5) is 4.27. The molecule has 0 spiro atoms. The smallest absolute Gasteiger partial charge is 0.231 e. The van der Waals surface area contributed by atoms with E-state index in [2.05, 4.69) is 17.1 Å². The Morgan fingerprint density at radius 3 is 2.81 bits per heavy atom. The highest BCUT2D eigenvalue weighted by Crippen LogP contribution is 2.17. The van der Waals surface area contributed by atoms with Crippen molar-refractivity contribution in [2.75, 3.05) is 6.61 Å². The van der Waals surface area contributed by atoms with Crippen molar-refractivity contribution < 1.29 is 9.26 Å². The van der Waals surface area contributed by atoms with E-state index in [0.717, 1.165) is 12.8 Å². The molecule has 5 nitrogen and oxygen atoms in total. The molecule has 0 radical (unpaired) electrons. The Hall–Kier alpha value is -0.940. The minimum absolute atomic E-state index is 0.0601. The molecule has 2 N–H and O–H groups in total.